The highest BCUT2D eigenvalue weighted by atomic mass is 19.3. The predicted octanol–water partition coefficient (Wildman–Crippen LogP) is 2.62. The quantitative estimate of drug-likeness (QED) is 0.721. The first-order valence-corrected chi connectivity index (χ1v) is 4.37. The molecular formula is C8H17F4NO. The highest BCUT2D eigenvalue weighted by Crippen LogP contribution is 2.17. The van der Waals surface area contributed by atoms with E-state index in [0.29, 0.717) is 6.92 Å². The van der Waals surface area contributed by atoms with Crippen molar-refractivity contribution in [1.29, 1.82) is 0 Å². The number of halogens is 4. The van der Waals surface area contributed by atoms with Crippen LogP contribution in [0.2, 0.25) is 0 Å². The predicted molar refractivity (Wildman–Crippen MR) is 46.5 cm³/mol. The van der Waals surface area contributed by atoms with Crippen molar-refractivity contribution in [1.82, 2.24) is 0 Å². The Morgan fingerprint density at radius 1 is 1.29 bits per heavy atom. The molecule has 0 spiro atoms. The fourth-order valence-electron chi connectivity index (χ4n) is 0.538. The third-order valence-corrected chi connectivity index (χ3v) is 1.32. The van der Waals surface area contributed by atoms with E-state index in [1.165, 1.54) is 0 Å². The van der Waals surface area contributed by atoms with Gasteiger partial charge >= 0.3 is 6.61 Å². The fraction of sp³-hybridized carbons (Fsp3) is 1.00. The van der Waals surface area contributed by atoms with Crippen LogP contribution in [0.4, 0.5) is 17.6 Å². The van der Waals surface area contributed by atoms with E-state index < -0.39 is 25.2 Å². The molecular weight excluding hydrogens is 202 g/mol. The molecule has 0 saturated heterocycles. The van der Waals surface area contributed by atoms with Gasteiger partial charge in [0.2, 0.25) is 0 Å². The van der Waals surface area contributed by atoms with Gasteiger partial charge in [-0.15, -0.1) is 0 Å². The van der Waals surface area contributed by atoms with E-state index in [-0.39, 0.29) is 6.42 Å². The number of ether oxygens (including phenoxy) is 1. The van der Waals surface area contributed by atoms with E-state index >= 15 is 0 Å². The zero-order valence-electron chi connectivity index (χ0n) is 8.57. The minimum atomic E-state index is -3.05. The maximum Gasteiger partial charge on any atom is 0.345 e. The Kier molecular flexibility index (Phi) is 9.18. The van der Waals surface area contributed by atoms with Gasteiger partial charge in [-0.25, -0.2) is 8.78 Å². The molecule has 14 heavy (non-hydrogen) atoms. The molecule has 1 unspecified atom stereocenters. The molecule has 0 aliphatic rings. The van der Waals surface area contributed by atoms with Gasteiger partial charge in [0.1, 0.15) is 0 Å². The lowest BCUT2D eigenvalue weighted by Gasteiger charge is -2.18. The van der Waals surface area contributed by atoms with Crippen molar-refractivity contribution in [3.05, 3.63) is 0 Å². The van der Waals surface area contributed by atoms with Crippen molar-refractivity contribution < 1.29 is 22.3 Å². The van der Waals surface area contributed by atoms with Gasteiger partial charge in [-0.2, -0.15) is 8.78 Å². The van der Waals surface area contributed by atoms with Gasteiger partial charge in [0, 0.05) is 6.92 Å². The van der Waals surface area contributed by atoms with Crippen LogP contribution in [0.15, 0.2) is 0 Å². The smallest absolute Gasteiger partial charge is 0.323 e. The zero-order chi connectivity index (χ0) is 11.8. The van der Waals surface area contributed by atoms with Crippen LogP contribution < -0.4 is 5.73 Å². The minimum Gasteiger partial charge on any atom is -0.323 e. The molecule has 0 heterocycles. The van der Waals surface area contributed by atoms with Crippen molar-refractivity contribution in [2.24, 2.45) is 5.73 Å². The summed E-state index contributed by atoms with van der Waals surface area (Å²) in [5.41, 5.74) is 4.96. The first-order valence-electron chi connectivity index (χ1n) is 4.37. The SMILES string of the molecule is CC.CC(F)(F)C(N)CCOC(F)F. The van der Waals surface area contributed by atoms with Crippen LogP contribution in [0.25, 0.3) is 0 Å². The molecule has 6 heteroatoms. The molecule has 0 bridgehead atoms. The molecule has 0 rings (SSSR count). The minimum absolute atomic E-state index is 0.284. The van der Waals surface area contributed by atoms with Gasteiger partial charge in [-0.3, -0.25) is 0 Å². The molecule has 0 aromatic rings. The lowest BCUT2D eigenvalue weighted by molar-refractivity contribution is -0.134. The summed E-state index contributed by atoms with van der Waals surface area (Å²) >= 11 is 0. The number of hydrogen-bond acceptors (Lipinski definition) is 2. The van der Waals surface area contributed by atoms with Gasteiger partial charge in [0.05, 0.1) is 12.6 Å². The summed E-state index contributed by atoms with van der Waals surface area (Å²) in [6.45, 7) is 1.25. The molecule has 0 saturated carbocycles. The third kappa shape index (κ3) is 9.73. The summed E-state index contributed by atoms with van der Waals surface area (Å²) in [5.74, 6) is -3.05. The van der Waals surface area contributed by atoms with Gasteiger partial charge in [-0.1, -0.05) is 13.8 Å². The van der Waals surface area contributed by atoms with E-state index in [1.807, 2.05) is 13.8 Å². The lowest BCUT2D eigenvalue weighted by atomic mass is 10.1. The Bertz CT molecular complexity index is 127. The summed E-state index contributed by atoms with van der Waals surface area (Å²) in [4.78, 5) is 0. The molecule has 1 atom stereocenters. The van der Waals surface area contributed by atoms with E-state index in [1.54, 1.807) is 0 Å². The second-order valence-corrected chi connectivity index (χ2v) is 2.48. The van der Waals surface area contributed by atoms with E-state index in [9.17, 15) is 17.6 Å². The summed E-state index contributed by atoms with van der Waals surface area (Å²) in [7, 11) is 0. The summed E-state index contributed by atoms with van der Waals surface area (Å²) in [5, 5.41) is 0. The van der Waals surface area contributed by atoms with Gasteiger partial charge in [0.15, 0.2) is 0 Å². The van der Waals surface area contributed by atoms with E-state index in [4.69, 9.17) is 5.73 Å². The number of nitrogens with two attached hydrogens (primary N) is 1. The zero-order valence-corrected chi connectivity index (χ0v) is 8.57. The van der Waals surface area contributed by atoms with E-state index in [2.05, 4.69) is 4.74 Å². The third-order valence-electron chi connectivity index (χ3n) is 1.32. The average Bonchev–Trinajstić information content (AvgIpc) is 2.05. The van der Waals surface area contributed by atoms with Crippen LogP contribution in [-0.2, 0) is 4.74 Å². The fourth-order valence-corrected chi connectivity index (χ4v) is 0.538. The molecule has 0 amide bonds. The second-order valence-electron chi connectivity index (χ2n) is 2.48. The van der Waals surface area contributed by atoms with Gasteiger partial charge < -0.3 is 10.5 Å². The van der Waals surface area contributed by atoms with Crippen LogP contribution in [0.3, 0.4) is 0 Å². The Labute approximate surface area is 81.4 Å². The van der Waals surface area contributed by atoms with Crippen LogP contribution in [0.5, 0.6) is 0 Å². The molecule has 2 N–H and O–H groups in total. The molecule has 0 aliphatic carbocycles. The number of rotatable bonds is 5. The topological polar surface area (TPSA) is 35.2 Å². The maximum absolute atomic E-state index is 12.3. The first-order chi connectivity index (χ1) is 6.34. The maximum atomic E-state index is 12.3. The summed E-state index contributed by atoms with van der Waals surface area (Å²) < 4.78 is 51.0. The van der Waals surface area contributed by atoms with Crippen LogP contribution in [0, 0.1) is 0 Å². The Balaban J connectivity index is 0. The number of hydrogen-bond donors (Lipinski definition) is 1. The molecule has 0 fully saturated rings. The van der Waals surface area contributed by atoms with Crippen LogP contribution in [-0.4, -0.2) is 25.2 Å². The van der Waals surface area contributed by atoms with Crippen molar-refractivity contribution in [3.63, 3.8) is 0 Å². The highest BCUT2D eigenvalue weighted by Gasteiger charge is 2.30. The lowest BCUT2D eigenvalue weighted by Crippen LogP contribution is -2.39. The Morgan fingerprint density at radius 2 is 1.71 bits per heavy atom. The summed E-state index contributed by atoms with van der Waals surface area (Å²) in [6.07, 6.45) is -0.284. The molecule has 0 aromatic heterocycles. The molecule has 0 aromatic carbocycles. The Morgan fingerprint density at radius 3 is 2.00 bits per heavy atom. The van der Waals surface area contributed by atoms with Crippen LogP contribution in [0.1, 0.15) is 27.2 Å². The van der Waals surface area contributed by atoms with Crippen molar-refractivity contribution >= 4 is 0 Å². The van der Waals surface area contributed by atoms with Gasteiger partial charge in [0.25, 0.3) is 5.92 Å². The largest absolute Gasteiger partial charge is 0.345 e. The first kappa shape index (κ1) is 16.1. The highest BCUT2D eigenvalue weighted by molar-refractivity contribution is 4.74. The molecule has 88 valence electrons. The van der Waals surface area contributed by atoms with Crippen molar-refractivity contribution in [3.8, 4) is 0 Å². The second kappa shape index (κ2) is 7.99. The molecule has 0 aliphatic heterocycles. The van der Waals surface area contributed by atoms with Crippen molar-refractivity contribution in [2.75, 3.05) is 6.61 Å². The van der Waals surface area contributed by atoms with Crippen LogP contribution >= 0.6 is 0 Å². The molecule has 0 radical (unpaired) electrons. The van der Waals surface area contributed by atoms with Gasteiger partial charge in [-0.05, 0) is 6.42 Å². The normalized spacial score (nSPS) is 13.5. The monoisotopic (exact) mass is 219 g/mol. The summed E-state index contributed by atoms with van der Waals surface area (Å²) in [6, 6.07) is -1.43. The Hall–Kier alpha value is -0.360. The average molecular weight is 219 g/mol. The standard InChI is InChI=1S/C6H11F4NO.C2H6/c1-6(9,10)4(11)2-3-12-5(7)8;1-2/h4-5H,2-3,11H2,1H3;1-2H3. The van der Waals surface area contributed by atoms with Crippen molar-refractivity contribution in [2.45, 2.75) is 45.8 Å². The van der Waals surface area contributed by atoms with E-state index in [0.717, 1.165) is 0 Å². The number of alkyl halides is 4. The molecule has 2 nitrogen and oxygen atoms in total.